The Morgan fingerprint density at radius 1 is 0.958 bits per heavy atom. The van der Waals surface area contributed by atoms with Crippen molar-refractivity contribution in [3.63, 3.8) is 0 Å². The Morgan fingerprint density at radius 2 is 1.58 bits per heavy atom. The first kappa shape index (κ1) is 17.3. The molecule has 2 aromatic rings. The molecule has 2 aromatic carbocycles. The van der Waals surface area contributed by atoms with E-state index >= 15 is 0 Å². The van der Waals surface area contributed by atoms with Crippen molar-refractivity contribution in [2.75, 3.05) is 0 Å². The topological polar surface area (TPSA) is 18.5 Å². The summed E-state index contributed by atoms with van der Waals surface area (Å²) in [5, 5.41) is 0. The van der Waals surface area contributed by atoms with Crippen molar-refractivity contribution in [2.45, 2.75) is 45.0 Å². The van der Waals surface area contributed by atoms with E-state index in [0.717, 1.165) is 6.42 Å². The van der Waals surface area contributed by atoms with Gasteiger partial charge in [0.05, 0.1) is 0 Å². The molecule has 0 radical (unpaired) electrons. The van der Waals surface area contributed by atoms with Crippen LogP contribution in [0.25, 0.3) is 0 Å². The first-order valence-corrected chi connectivity index (χ1v) is 10.0. The van der Waals surface area contributed by atoms with Gasteiger partial charge in [0.25, 0.3) is 0 Å². The Balaban J connectivity index is 1.84. The van der Waals surface area contributed by atoms with Crippen molar-refractivity contribution in [1.82, 2.24) is 0 Å². The molecule has 0 aromatic heterocycles. The Labute approximate surface area is 151 Å². The molecule has 3 rings (SSSR count). The van der Waals surface area contributed by atoms with Crippen LogP contribution in [-0.2, 0) is 9.47 Å². The van der Waals surface area contributed by atoms with Crippen LogP contribution in [0.2, 0.25) is 0 Å². The van der Waals surface area contributed by atoms with E-state index in [9.17, 15) is 0 Å². The van der Waals surface area contributed by atoms with E-state index in [2.05, 4.69) is 81.4 Å². The summed E-state index contributed by atoms with van der Waals surface area (Å²) in [4.78, 5) is 0. The van der Waals surface area contributed by atoms with Crippen LogP contribution in [0.5, 0.6) is 0 Å². The van der Waals surface area contributed by atoms with Crippen molar-refractivity contribution in [1.29, 1.82) is 0 Å². The van der Waals surface area contributed by atoms with Crippen LogP contribution in [0.3, 0.4) is 0 Å². The number of ether oxygens (including phenoxy) is 2. The number of rotatable bonds is 4. The molecule has 1 heterocycles. The molecule has 0 unspecified atom stereocenters. The molecule has 24 heavy (non-hydrogen) atoms. The molecule has 0 saturated heterocycles. The van der Waals surface area contributed by atoms with Crippen LogP contribution >= 0.6 is 0 Å². The summed E-state index contributed by atoms with van der Waals surface area (Å²) in [7, 11) is 0. The normalized spacial score (nSPS) is 21.0. The van der Waals surface area contributed by atoms with E-state index in [1.165, 1.54) is 14.5 Å². The summed E-state index contributed by atoms with van der Waals surface area (Å²) < 4.78 is 14.7. The van der Waals surface area contributed by atoms with Gasteiger partial charge in [-0.1, -0.05) is 0 Å². The average Bonchev–Trinajstić information content (AvgIpc) is 2.57. The summed E-state index contributed by atoms with van der Waals surface area (Å²) in [5.41, 5.74) is 1.13. The van der Waals surface area contributed by atoms with Crippen molar-refractivity contribution >= 4 is 19.4 Å². The Bertz CT molecular complexity index is 674. The first-order chi connectivity index (χ1) is 11.5. The molecule has 0 amide bonds. The number of allylic oxidation sites excluding steroid dienone is 1. The van der Waals surface area contributed by atoms with Gasteiger partial charge in [-0.2, -0.15) is 0 Å². The maximum atomic E-state index is 6.07. The van der Waals surface area contributed by atoms with Crippen LogP contribution in [0.4, 0.5) is 0 Å². The minimum absolute atomic E-state index is 0.189. The maximum absolute atomic E-state index is 6.07. The molecular weight excluding hydrogens is 363 g/mol. The zero-order valence-electron chi connectivity index (χ0n) is 14.4. The number of hydrogen-bond donors (Lipinski definition) is 0. The van der Waals surface area contributed by atoms with E-state index in [1.54, 1.807) is 0 Å². The summed E-state index contributed by atoms with van der Waals surface area (Å²) in [6.45, 7) is 6.21. The third-order valence-corrected chi connectivity index (χ3v) is 6.13. The summed E-state index contributed by atoms with van der Waals surface area (Å²) in [6, 6.07) is 21.4. The predicted molar refractivity (Wildman–Crippen MR) is 99.4 cm³/mol. The molecule has 126 valence electrons. The van der Waals surface area contributed by atoms with Crippen molar-refractivity contribution in [3.8, 4) is 0 Å². The van der Waals surface area contributed by atoms with Crippen LogP contribution in [0, 0.1) is 0 Å². The zero-order chi connectivity index (χ0) is 17.0. The van der Waals surface area contributed by atoms with Gasteiger partial charge in [-0.15, -0.1) is 0 Å². The zero-order valence-corrected chi connectivity index (χ0v) is 16.2. The van der Waals surface area contributed by atoms with Gasteiger partial charge in [-0.25, -0.2) is 0 Å². The monoisotopic (exact) mass is 388 g/mol. The van der Waals surface area contributed by atoms with E-state index in [0.29, 0.717) is 5.92 Å². The second-order valence-electron chi connectivity index (χ2n) is 6.93. The number of hydrogen-bond acceptors (Lipinski definition) is 2. The Morgan fingerprint density at radius 3 is 2.21 bits per heavy atom. The molecule has 0 aliphatic carbocycles. The summed E-state index contributed by atoms with van der Waals surface area (Å²) >= 11 is 0.258. The van der Waals surface area contributed by atoms with Gasteiger partial charge in [0.2, 0.25) is 0 Å². The van der Waals surface area contributed by atoms with Crippen molar-refractivity contribution in [3.05, 3.63) is 77.0 Å². The molecule has 1 aliphatic rings. The van der Waals surface area contributed by atoms with Gasteiger partial charge in [0.1, 0.15) is 0 Å². The van der Waals surface area contributed by atoms with Crippen LogP contribution < -0.4 is 4.46 Å². The van der Waals surface area contributed by atoms with Gasteiger partial charge in [-0.3, -0.25) is 0 Å². The van der Waals surface area contributed by atoms with Crippen molar-refractivity contribution in [2.24, 2.45) is 0 Å². The first-order valence-electron chi connectivity index (χ1n) is 8.32. The molecule has 2 nitrogen and oxygen atoms in total. The summed E-state index contributed by atoms with van der Waals surface area (Å²) in [6.07, 6.45) is 2.62. The van der Waals surface area contributed by atoms with Gasteiger partial charge in [-0.05, 0) is 0 Å². The molecule has 0 fully saturated rings. The van der Waals surface area contributed by atoms with Crippen molar-refractivity contribution < 1.29 is 9.47 Å². The molecule has 3 heteroatoms. The SMILES string of the molecule is CC(C)(C)O[C@H]1C[C@@H](c2ccccc2)C([Se]c2ccccc2)=CO1. The molecule has 2 atom stereocenters. The average molecular weight is 387 g/mol. The predicted octanol–water partition coefficient (Wildman–Crippen LogP) is 4.20. The van der Waals surface area contributed by atoms with Gasteiger partial charge in [0, 0.05) is 0 Å². The molecule has 0 N–H and O–H groups in total. The fourth-order valence-electron chi connectivity index (χ4n) is 2.76. The van der Waals surface area contributed by atoms with E-state index in [-0.39, 0.29) is 26.8 Å². The van der Waals surface area contributed by atoms with Crippen LogP contribution in [0.15, 0.2) is 71.4 Å². The Kier molecular flexibility index (Phi) is 5.45. The second-order valence-corrected chi connectivity index (χ2v) is 9.34. The van der Waals surface area contributed by atoms with E-state index in [4.69, 9.17) is 9.47 Å². The molecule has 0 spiro atoms. The third kappa shape index (κ3) is 4.73. The van der Waals surface area contributed by atoms with Gasteiger partial charge in [0.15, 0.2) is 0 Å². The molecule has 0 saturated carbocycles. The van der Waals surface area contributed by atoms with Crippen LogP contribution in [-0.4, -0.2) is 26.8 Å². The standard InChI is InChI=1S/C21H24O2Se/c1-21(2,3)23-20-14-18(16-10-6-4-7-11-16)19(15-22-20)24-17-12-8-5-9-13-17/h4-13,15,18,20H,14H2,1-3H3/t18-,20-/m0/s1. The minimum atomic E-state index is -0.207. The Hall–Kier alpha value is -1.54. The summed E-state index contributed by atoms with van der Waals surface area (Å²) in [5.74, 6) is 0.354. The molecule has 1 aliphatic heterocycles. The molecular formula is C21H24O2Se. The fourth-order valence-corrected chi connectivity index (χ4v) is 4.95. The van der Waals surface area contributed by atoms with Crippen LogP contribution in [0.1, 0.15) is 38.7 Å². The van der Waals surface area contributed by atoms with E-state index < -0.39 is 0 Å². The molecule has 0 bridgehead atoms. The third-order valence-electron chi connectivity index (χ3n) is 3.77. The van der Waals surface area contributed by atoms with Gasteiger partial charge >= 0.3 is 151 Å². The quantitative estimate of drug-likeness (QED) is 0.732. The fraction of sp³-hybridized carbons (Fsp3) is 0.333. The number of benzene rings is 2. The second kappa shape index (κ2) is 7.56. The van der Waals surface area contributed by atoms with E-state index in [1.807, 2.05) is 6.26 Å². The van der Waals surface area contributed by atoms with Gasteiger partial charge < -0.3 is 0 Å².